The minimum Gasteiger partial charge on any atom is -0.294 e. The van der Waals surface area contributed by atoms with Crippen molar-refractivity contribution in [1.82, 2.24) is 5.32 Å². The highest BCUT2D eigenvalue weighted by atomic mass is 16.2. The van der Waals surface area contributed by atoms with Gasteiger partial charge in [0.25, 0.3) is 0 Å². The number of nitrogens with zero attached hydrogens (tertiary/aromatic N) is 2. The summed E-state index contributed by atoms with van der Waals surface area (Å²) in [6.07, 6.45) is 0. The first-order valence-electron chi connectivity index (χ1n) is 7.41. The molecular weight excluding hydrogens is 302 g/mol. The van der Waals surface area contributed by atoms with E-state index < -0.39 is 29.1 Å². The molecule has 0 saturated carbocycles. The van der Waals surface area contributed by atoms with Gasteiger partial charge in [-0.25, -0.2) is 0 Å². The smallest absolute Gasteiger partial charge is 0.245 e. The zero-order valence-corrected chi connectivity index (χ0v) is 12.6. The van der Waals surface area contributed by atoms with Crippen molar-refractivity contribution >= 4 is 11.8 Å². The van der Waals surface area contributed by atoms with Crippen molar-refractivity contribution in [2.45, 2.75) is 5.41 Å². The van der Waals surface area contributed by atoms with E-state index in [9.17, 15) is 20.1 Å². The van der Waals surface area contributed by atoms with E-state index in [1.165, 1.54) is 0 Å². The fourth-order valence-electron chi connectivity index (χ4n) is 3.43. The second-order valence-electron chi connectivity index (χ2n) is 5.58. The molecule has 1 N–H and O–H groups in total. The van der Waals surface area contributed by atoms with Crippen LogP contribution in [0, 0.1) is 34.5 Å². The van der Waals surface area contributed by atoms with Gasteiger partial charge in [0.15, 0.2) is 0 Å². The quantitative estimate of drug-likeness (QED) is 0.857. The molecule has 0 spiro atoms. The van der Waals surface area contributed by atoms with Crippen LogP contribution in [-0.2, 0) is 15.0 Å². The van der Waals surface area contributed by atoms with Gasteiger partial charge in [-0.05, 0) is 11.1 Å². The lowest BCUT2D eigenvalue weighted by Gasteiger charge is -2.43. The van der Waals surface area contributed by atoms with Crippen LogP contribution >= 0.6 is 0 Å². The Balaban J connectivity index is 2.42. The van der Waals surface area contributed by atoms with E-state index in [2.05, 4.69) is 5.32 Å². The van der Waals surface area contributed by atoms with Crippen LogP contribution in [0.5, 0.6) is 0 Å². The SMILES string of the molecule is N#C[C@H]1C(=O)NC(=O)[C@H](C#N)C1(c1ccccc1)c1ccccc1. The Morgan fingerprint density at radius 2 is 1.12 bits per heavy atom. The summed E-state index contributed by atoms with van der Waals surface area (Å²) in [6, 6.07) is 21.7. The maximum absolute atomic E-state index is 12.4. The number of imide groups is 1. The maximum Gasteiger partial charge on any atom is 0.245 e. The first-order chi connectivity index (χ1) is 11.7. The van der Waals surface area contributed by atoms with Gasteiger partial charge in [0, 0.05) is 0 Å². The molecular formula is C19H13N3O2. The minimum atomic E-state index is -1.34. The summed E-state index contributed by atoms with van der Waals surface area (Å²) >= 11 is 0. The molecule has 2 aromatic rings. The molecule has 3 rings (SSSR count). The largest absolute Gasteiger partial charge is 0.294 e. The van der Waals surface area contributed by atoms with Gasteiger partial charge in [0.2, 0.25) is 11.8 Å². The van der Waals surface area contributed by atoms with Gasteiger partial charge in [-0.3, -0.25) is 14.9 Å². The summed E-state index contributed by atoms with van der Waals surface area (Å²) in [4.78, 5) is 24.8. The highest BCUT2D eigenvalue weighted by Crippen LogP contribution is 2.47. The average Bonchev–Trinajstić information content (AvgIpc) is 2.62. The van der Waals surface area contributed by atoms with Crippen molar-refractivity contribution in [2.24, 2.45) is 11.8 Å². The molecule has 24 heavy (non-hydrogen) atoms. The number of nitriles is 2. The van der Waals surface area contributed by atoms with Crippen LogP contribution in [0.25, 0.3) is 0 Å². The van der Waals surface area contributed by atoms with Crippen LogP contribution in [0.15, 0.2) is 60.7 Å². The number of carbonyl (C=O) groups excluding carboxylic acids is 2. The second kappa shape index (κ2) is 5.98. The number of carbonyl (C=O) groups is 2. The molecule has 2 aromatic carbocycles. The Bertz CT molecular complexity index is 789. The Labute approximate surface area is 139 Å². The Kier molecular flexibility index (Phi) is 3.85. The van der Waals surface area contributed by atoms with Gasteiger partial charge >= 0.3 is 0 Å². The second-order valence-corrected chi connectivity index (χ2v) is 5.58. The molecule has 1 saturated heterocycles. The van der Waals surface area contributed by atoms with Crippen LogP contribution in [0.4, 0.5) is 0 Å². The molecule has 2 amide bonds. The molecule has 0 aliphatic carbocycles. The number of hydrogen-bond donors (Lipinski definition) is 1. The van der Waals surface area contributed by atoms with Crippen molar-refractivity contribution in [3.63, 3.8) is 0 Å². The molecule has 116 valence electrons. The van der Waals surface area contributed by atoms with Gasteiger partial charge in [-0.15, -0.1) is 0 Å². The van der Waals surface area contributed by atoms with Crippen LogP contribution in [-0.4, -0.2) is 11.8 Å². The van der Waals surface area contributed by atoms with Crippen molar-refractivity contribution in [3.8, 4) is 12.1 Å². The van der Waals surface area contributed by atoms with Crippen LogP contribution in [0.3, 0.4) is 0 Å². The monoisotopic (exact) mass is 315 g/mol. The third-order valence-electron chi connectivity index (χ3n) is 4.44. The van der Waals surface area contributed by atoms with Crippen LogP contribution in [0.2, 0.25) is 0 Å². The molecule has 1 aliphatic heterocycles. The van der Waals surface area contributed by atoms with Gasteiger partial charge < -0.3 is 0 Å². The fourth-order valence-corrected chi connectivity index (χ4v) is 3.43. The molecule has 0 aromatic heterocycles. The molecule has 0 unspecified atom stereocenters. The first kappa shape index (κ1) is 15.5. The zero-order chi connectivity index (χ0) is 17.2. The minimum absolute atomic E-state index is 0.595. The third kappa shape index (κ3) is 2.07. The Morgan fingerprint density at radius 3 is 1.46 bits per heavy atom. The topological polar surface area (TPSA) is 93.8 Å². The Morgan fingerprint density at radius 1 is 0.750 bits per heavy atom. The van der Waals surface area contributed by atoms with Crippen molar-refractivity contribution in [3.05, 3.63) is 71.8 Å². The number of benzene rings is 2. The van der Waals surface area contributed by atoms with E-state index in [0.717, 1.165) is 0 Å². The van der Waals surface area contributed by atoms with Gasteiger partial charge in [-0.1, -0.05) is 60.7 Å². The van der Waals surface area contributed by atoms with E-state index >= 15 is 0 Å². The third-order valence-corrected chi connectivity index (χ3v) is 4.44. The number of piperidine rings is 1. The van der Waals surface area contributed by atoms with E-state index in [0.29, 0.717) is 11.1 Å². The van der Waals surface area contributed by atoms with Crippen LogP contribution in [0.1, 0.15) is 11.1 Å². The summed E-state index contributed by atoms with van der Waals surface area (Å²) in [5, 5.41) is 21.5. The highest BCUT2D eigenvalue weighted by Gasteiger charge is 2.58. The van der Waals surface area contributed by atoms with Crippen molar-refractivity contribution < 1.29 is 9.59 Å². The standard InChI is InChI=1S/C19H13N3O2/c20-11-15-17(23)22-18(24)16(12-21)19(15,13-7-3-1-4-8-13)14-9-5-2-6-10-14/h1-10,15-16H,(H,22,23,24)/t15-,16-/m0/s1. The van der Waals surface area contributed by atoms with Gasteiger partial charge in [0.05, 0.1) is 17.6 Å². The predicted octanol–water partition coefficient (Wildman–Crippen LogP) is 1.91. The molecule has 2 atom stereocenters. The molecule has 1 fully saturated rings. The molecule has 5 nitrogen and oxygen atoms in total. The van der Waals surface area contributed by atoms with E-state index in [1.807, 2.05) is 12.1 Å². The number of rotatable bonds is 2. The normalized spacial score (nSPS) is 22.1. The lowest BCUT2D eigenvalue weighted by atomic mass is 9.57. The lowest BCUT2D eigenvalue weighted by Crippen LogP contribution is -2.60. The van der Waals surface area contributed by atoms with Crippen molar-refractivity contribution in [2.75, 3.05) is 0 Å². The lowest BCUT2D eigenvalue weighted by molar-refractivity contribution is -0.140. The Hall–Kier alpha value is -3.44. The highest BCUT2D eigenvalue weighted by molar-refractivity contribution is 6.05. The van der Waals surface area contributed by atoms with Gasteiger partial charge in [-0.2, -0.15) is 10.5 Å². The molecule has 5 heteroatoms. The predicted molar refractivity (Wildman–Crippen MR) is 85.0 cm³/mol. The van der Waals surface area contributed by atoms with Crippen molar-refractivity contribution in [1.29, 1.82) is 10.5 Å². The number of amides is 2. The van der Waals surface area contributed by atoms with E-state index in [1.54, 1.807) is 60.7 Å². The molecule has 1 aliphatic rings. The average molecular weight is 315 g/mol. The molecule has 0 bridgehead atoms. The fraction of sp³-hybridized carbons (Fsp3) is 0.158. The number of hydrogen-bond acceptors (Lipinski definition) is 4. The molecule has 1 heterocycles. The maximum atomic E-state index is 12.4. The van der Waals surface area contributed by atoms with Crippen LogP contribution < -0.4 is 5.32 Å². The summed E-state index contributed by atoms with van der Waals surface area (Å²) < 4.78 is 0. The first-order valence-corrected chi connectivity index (χ1v) is 7.41. The van der Waals surface area contributed by atoms with E-state index in [-0.39, 0.29) is 0 Å². The summed E-state index contributed by atoms with van der Waals surface area (Å²) in [5.74, 6) is -3.74. The molecule has 0 radical (unpaired) electrons. The number of nitrogens with one attached hydrogen (secondary N) is 1. The van der Waals surface area contributed by atoms with Gasteiger partial charge in [0.1, 0.15) is 11.8 Å². The zero-order valence-electron chi connectivity index (χ0n) is 12.6. The summed E-state index contributed by atoms with van der Waals surface area (Å²) in [7, 11) is 0. The summed E-state index contributed by atoms with van der Waals surface area (Å²) in [6.45, 7) is 0. The van der Waals surface area contributed by atoms with E-state index in [4.69, 9.17) is 0 Å². The summed E-state index contributed by atoms with van der Waals surface area (Å²) in [5.41, 5.74) is -0.152.